The van der Waals surface area contributed by atoms with E-state index in [9.17, 15) is 0 Å². The Hall–Kier alpha value is -1.04. The minimum Gasteiger partial charge on any atom is -0.383 e. The molecular weight excluding hydrogens is 258 g/mol. The smallest absolute Gasteiger partial charge is 0.203 e. The number of nitrogens with zero attached hydrogens (tertiary/aromatic N) is 2. The first-order valence-electron chi connectivity index (χ1n) is 5.28. The van der Waals surface area contributed by atoms with E-state index >= 15 is 0 Å². The molecule has 0 aliphatic rings. The number of rotatable bonds is 6. The molecule has 2 rings (SSSR count). The maximum Gasteiger partial charge on any atom is 0.203 e. The van der Waals surface area contributed by atoms with Crippen LogP contribution in [-0.4, -0.2) is 29.8 Å². The van der Waals surface area contributed by atoms with Crippen LogP contribution in [0.25, 0.3) is 0 Å². The van der Waals surface area contributed by atoms with Gasteiger partial charge in [-0.2, -0.15) is 0 Å². The van der Waals surface area contributed by atoms with Gasteiger partial charge in [0, 0.05) is 30.9 Å². The maximum atomic E-state index is 5.90. The summed E-state index contributed by atoms with van der Waals surface area (Å²) < 4.78 is 7.85. The van der Waals surface area contributed by atoms with Crippen molar-refractivity contribution in [1.82, 2.24) is 9.55 Å². The number of aromatic nitrogens is 2. The summed E-state index contributed by atoms with van der Waals surface area (Å²) in [7, 11) is 1.68. The Morgan fingerprint density at radius 3 is 3.12 bits per heavy atom. The van der Waals surface area contributed by atoms with Crippen LogP contribution in [0.3, 0.4) is 0 Å². The third-order valence-corrected chi connectivity index (χ3v) is 3.48. The molecule has 0 atom stereocenters. The minimum absolute atomic E-state index is 0.664. The van der Waals surface area contributed by atoms with Crippen molar-refractivity contribution in [3.8, 4) is 0 Å². The van der Waals surface area contributed by atoms with E-state index in [0.717, 1.165) is 23.4 Å². The number of imidazole rings is 1. The van der Waals surface area contributed by atoms with Crippen molar-refractivity contribution in [2.24, 2.45) is 0 Å². The summed E-state index contributed by atoms with van der Waals surface area (Å²) in [4.78, 5) is 5.47. The van der Waals surface area contributed by atoms with Gasteiger partial charge in [0.15, 0.2) is 0 Å². The molecule has 0 bridgehead atoms. The monoisotopic (exact) mass is 271 g/mol. The molecule has 0 aliphatic carbocycles. The van der Waals surface area contributed by atoms with E-state index in [0.29, 0.717) is 6.61 Å². The van der Waals surface area contributed by atoms with Gasteiger partial charge in [-0.25, -0.2) is 4.98 Å². The molecule has 0 radical (unpaired) electrons. The number of hydrogen-bond donors (Lipinski definition) is 1. The summed E-state index contributed by atoms with van der Waals surface area (Å²) in [5.41, 5.74) is 0. The molecule has 1 N–H and O–H groups in total. The van der Waals surface area contributed by atoms with E-state index in [1.165, 1.54) is 4.88 Å². The van der Waals surface area contributed by atoms with Gasteiger partial charge in [0.1, 0.15) is 0 Å². The fourth-order valence-electron chi connectivity index (χ4n) is 1.47. The summed E-state index contributed by atoms with van der Waals surface area (Å²) in [6, 6.07) is 3.95. The Balaban J connectivity index is 1.98. The number of hydrogen-bond acceptors (Lipinski definition) is 4. The molecule has 6 heteroatoms. The Bertz CT molecular complexity index is 469. The summed E-state index contributed by atoms with van der Waals surface area (Å²) in [5, 5.41) is 3.22. The quantitative estimate of drug-likeness (QED) is 0.821. The van der Waals surface area contributed by atoms with Gasteiger partial charge in [-0.05, 0) is 12.1 Å². The molecule has 0 unspecified atom stereocenters. The highest BCUT2D eigenvalue weighted by molar-refractivity contribution is 7.16. The number of methoxy groups -OCH3 is 1. The lowest BCUT2D eigenvalue weighted by Crippen LogP contribution is -2.12. The fraction of sp³-hybridized carbons (Fsp3) is 0.364. The van der Waals surface area contributed by atoms with Crippen molar-refractivity contribution < 1.29 is 4.74 Å². The topological polar surface area (TPSA) is 39.1 Å². The van der Waals surface area contributed by atoms with E-state index in [2.05, 4.69) is 14.9 Å². The second kappa shape index (κ2) is 6.05. The van der Waals surface area contributed by atoms with Gasteiger partial charge in [-0.1, -0.05) is 11.6 Å². The van der Waals surface area contributed by atoms with Gasteiger partial charge in [-0.3, -0.25) is 0 Å². The first-order valence-corrected chi connectivity index (χ1v) is 6.47. The van der Waals surface area contributed by atoms with Crippen LogP contribution >= 0.6 is 22.9 Å². The van der Waals surface area contributed by atoms with Crippen LogP contribution in [-0.2, 0) is 11.3 Å². The van der Waals surface area contributed by atoms with E-state index in [4.69, 9.17) is 16.3 Å². The van der Waals surface area contributed by atoms with E-state index in [1.54, 1.807) is 24.6 Å². The maximum absolute atomic E-state index is 5.90. The predicted octanol–water partition coefficient (Wildman–Crippen LogP) is 2.70. The molecule has 0 saturated heterocycles. The zero-order chi connectivity index (χ0) is 12.1. The lowest BCUT2D eigenvalue weighted by Gasteiger charge is -2.08. The van der Waals surface area contributed by atoms with Crippen LogP contribution in [0.5, 0.6) is 0 Å². The molecule has 17 heavy (non-hydrogen) atoms. The normalized spacial score (nSPS) is 10.7. The van der Waals surface area contributed by atoms with E-state index in [-0.39, 0.29) is 0 Å². The summed E-state index contributed by atoms with van der Waals surface area (Å²) >= 11 is 7.49. The zero-order valence-electron chi connectivity index (χ0n) is 9.52. The van der Waals surface area contributed by atoms with E-state index in [1.807, 2.05) is 18.3 Å². The average molecular weight is 272 g/mol. The Morgan fingerprint density at radius 2 is 2.41 bits per heavy atom. The molecule has 0 spiro atoms. The van der Waals surface area contributed by atoms with Gasteiger partial charge >= 0.3 is 0 Å². The van der Waals surface area contributed by atoms with Gasteiger partial charge in [0.2, 0.25) is 5.95 Å². The third kappa shape index (κ3) is 3.46. The van der Waals surface area contributed by atoms with Crippen LogP contribution in [0.15, 0.2) is 24.5 Å². The summed E-state index contributed by atoms with van der Waals surface area (Å²) in [6.07, 6.45) is 3.73. The standard InChI is InChI=1S/C11H14ClN3OS/c1-16-7-5-14-11-13-4-6-15(11)8-9-2-3-10(12)17-9/h2-4,6H,5,7-8H2,1H3,(H,13,14). The van der Waals surface area contributed by atoms with Crippen molar-refractivity contribution in [1.29, 1.82) is 0 Å². The van der Waals surface area contributed by atoms with Crippen LogP contribution in [0.1, 0.15) is 4.88 Å². The second-order valence-corrected chi connectivity index (χ2v) is 5.30. The molecule has 92 valence electrons. The Kier molecular flexibility index (Phi) is 4.42. The predicted molar refractivity (Wildman–Crippen MR) is 71.0 cm³/mol. The van der Waals surface area contributed by atoms with Crippen LogP contribution < -0.4 is 5.32 Å². The molecule has 2 heterocycles. The number of anilines is 1. The van der Waals surface area contributed by atoms with Crippen LogP contribution in [0.4, 0.5) is 5.95 Å². The lowest BCUT2D eigenvalue weighted by molar-refractivity contribution is 0.210. The van der Waals surface area contributed by atoms with Crippen molar-refractivity contribution in [3.05, 3.63) is 33.7 Å². The third-order valence-electron chi connectivity index (χ3n) is 2.26. The average Bonchev–Trinajstić information content (AvgIpc) is 2.90. The van der Waals surface area contributed by atoms with Crippen molar-refractivity contribution in [2.75, 3.05) is 25.6 Å². The SMILES string of the molecule is COCCNc1nccn1Cc1ccc(Cl)s1. The number of halogens is 1. The molecule has 0 fully saturated rings. The largest absolute Gasteiger partial charge is 0.383 e. The highest BCUT2D eigenvalue weighted by Crippen LogP contribution is 2.22. The van der Waals surface area contributed by atoms with Gasteiger partial charge in [0.05, 0.1) is 17.5 Å². The van der Waals surface area contributed by atoms with Gasteiger partial charge < -0.3 is 14.6 Å². The summed E-state index contributed by atoms with van der Waals surface area (Å²) in [5.74, 6) is 0.853. The van der Waals surface area contributed by atoms with Gasteiger partial charge in [-0.15, -0.1) is 11.3 Å². The number of thiophene rings is 1. The van der Waals surface area contributed by atoms with Crippen LogP contribution in [0.2, 0.25) is 4.34 Å². The summed E-state index contributed by atoms with van der Waals surface area (Å²) in [6.45, 7) is 2.20. The molecule has 4 nitrogen and oxygen atoms in total. The number of nitrogens with one attached hydrogen (secondary N) is 1. The fourth-order valence-corrected chi connectivity index (χ4v) is 2.56. The first kappa shape index (κ1) is 12.4. The zero-order valence-corrected chi connectivity index (χ0v) is 11.1. The highest BCUT2D eigenvalue weighted by atomic mass is 35.5. The lowest BCUT2D eigenvalue weighted by atomic mass is 10.4. The second-order valence-electron chi connectivity index (χ2n) is 3.50. The highest BCUT2D eigenvalue weighted by Gasteiger charge is 2.04. The van der Waals surface area contributed by atoms with Gasteiger partial charge in [0.25, 0.3) is 0 Å². The molecule has 0 amide bonds. The van der Waals surface area contributed by atoms with Crippen molar-refractivity contribution in [3.63, 3.8) is 0 Å². The molecule has 2 aromatic rings. The minimum atomic E-state index is 0.664. The van der Waals surface area contributed by atoms with E-state index < -0.39 is 0 Å². The molecule has 0 aromatic carbocycles. The van der Waals surface area contributed by atoms with Crippen molar-refractivity contribution in [2.45, 2.75) is 6.54 Å². The van der Waals surface area contributed by atoms with Crippen LogP contribution in [0, 0.1) is 0 Å². The number of ether oxygens (including phenoxy) is 1. The molecular formula is C11H14ClN3OS. The first-order chi connectivity index (χ1) is 8.29. The molecule has 2 aromatic heterocycles. The van der Waals surface area contributed by atoms with Crippen molar-refractivity contribution >= 4 is 28.9 Å². The Morgan fingerprint density at radius 1 is 1.53 bits per heavy atom. The molecule has 0 saturated carbocycles. The Labute approximate surface area is 109 Å². The molecule has 0 aliphatic heterocycles.